The molecule has 0 saturated heterocycles. The number of nitrogens with one attached hydrogen (secondary N) is 2. The van der Waals surface area contributed by atoms with Gasteiger partial charge in [0.1, 0.15) is 5.78 Å². The summed E-state index contributed by atoms with van der Waals surface area (Å²) in [4.78, 5) is 19.3. The second-order valence-electron chi connectivity index (χ2n) is 8.17. The number of aromatic nitrogens is 1. The van der Waals surface area contributed by atoms with E-state index < -0.39 is 15.4 Å². The Morgan fingerprint density at radius 2 is 2.07 bits per heavy atom. The van der Waals surface area contributed by atoms with Gasteiger partial charge in [-0.3, -0.25) is 9.78 Å². The highest BCUT2D eigenvalue weighted by Crippen LogP contribution is 2.64. The number of Topliss-reactive ketones (excluding diaryl/α,β-unsaturated/α-hetero) is 1. The largest absolute Gasteiger partial charge is 0.307 e. The summed E-state index contributed by atoms with van der Waals surface area (Å²) in [5.74, 6) is 0.171. The molecular formula is C19H22ClN3O3S. The van der Waals surface area contributed by atoms with Crippen LogP contribution in [0.15, 0.2) is 30.5 Å². The average molecular weight is 408 g/mol. The number of halogens is 1. The molecule has 2 aromatic rings. The number of sulfonamides is 1. The van der Waals surface area contributed by atoms with E-state index in [0.29, 0.717) is 29.1 Å². The number of ketones is 1. The summed E-state index contributed by atoms with van der Waals surface area (Å²) in [6.07, 6.45) is 3.63. The third-order valence-electron chi connectivity index (χ3n) is 6.62. The molecule has 2 unspecified atom stereocenters. The van der Waals surface area contributed by atoms with Crippen molar-refractivity contribution in [3.05, 3.63) is 35.5 Å². The van der Waals surface area contributed by atoms with Gasteiger partial charge in [-0.15, -0.1) is 4.83 Å². The summed E-state index contributed by atoms with van der Waals surface area (Å²) in [6, 6.07) is 6.91. The minimum atomic E-state index is -3.72. The van der Waals surface area contributed by atoms with Gasteiger partial charge in [-0.05, 0) is 48.4 Å². The number of carbonyl (C=O) groups is 1. The predicted molar refractivity (Wildman–Crippen MR) is 106 cm³/mol. The summed E-state index contributed by atoms with van der Waals surface area (Å²) in [5, 5.41) is 1.31. The Balaban J connectivity index is 1.56. The zero-order chi connectivity index (χ0) is 19.4. The van der Waals surface area contributed by atoms with Gasteiger partial charge in [-0.25, -0.2) is 8.42 Å². The van der Waals surface area contributed by atoms with Crippen molar-refractivity contribution in [1.29, 1.82) is 0 Å². The molecule has 2 N–H and O–H groups in total. The molecule has 8 heteroatoms. The van der Waals surface area contributed by atoms with Crippen LogP contribution in [0.1, 0.15) is 33.1 Å². The van der Waals surface area contributed by atoms with Crippen molar-refractivity contribution in [2.75, 3.05) is 11.2 Å². The van der Waals surface area contributed by atoms with E-state index in [1.807, 2.05) is 13.8 Å². The molecule has 0 radical (unpaired) electrons. The number of hydrogen-bond acceptors (Lipinski definition) is 5. The number of hydrazine groups is 1. The molecule has 27 heavy (non-hydrogen) atoms. The molecule has 1 heterocycles. The lowest BCUT2D eigenvalue weighted by atomic mass is 9.70. The first-order chi connectivity index (χ1) is 12.6. The maximum atomic E-state index is 12.8. The van der Waals surface area contributed by atoms with Crippen LogP contribution < -0.4 is 10.3 Å². The topological polar surface area (TPSA) is 88.2 Å². The van der Waals surface area contributed by atoms with Crippen molar-refractivity contribution in [3.63, 3.8) is 0 Å². The molecule has 144 valence electrons. The van der Waals surface area contributed by atoms with Crippen molar-refractivity contribution in [3.8, 4) is 0 Å². The van der Waals surface area contributed by atoms with E-state index in [1.165, 1.54) is 0 Å². The molecule has 2 atom stereocenters. The first-order valence-electron chi connectivity index (χ1n) is 8.98. The standard InChI is InChI=1S/C19H22ClN3O3S/c1-18(2)12-5-7-19(18,17(24)9-12)11-27(25,26)23-22-15-6-8-21-16-10-13(20)3-4-14(15)16/h3-4,6,8,10,12,23H,5,7,9,11H2,1-2H3,(H,21,22). The number of nitrogens with zero attached hydrogens (tertiary/aromatic N) is 1. The van der Waals surface area contributed by atoms with Gasteiger partial charge in [0.05, 0.1) is 17.0 Å². The normalized spacial score (nSPS) is 26.6. The summed E-state index contributed by atoms with van der Waals surface area (Å²) in [7, 11) is -3.72. The van der Waals surface area contributed by atoms with Crippen LogP contribution in [0.2, 0.25) is 5.02 Å². The lowest BCUT2D eigenvalue weighted by Gasteiger charge is -2.36. The van der Waals surface area contributed by atoms with Gasteiger partial charge in [0.25, 0.3) is 0 Å². The zero-order valence-electron chi connectivity index (χ0n) is 15.3. The third-order valence-corrected chi connectivity index (χ3v) is 8.14. The van der Waals surface area contributed by atoms with Gasteiger partial charge in [0.15, 0.2) is 0 Å². The fourth-order valence-corrected chi connectivity index (χ4v) is 6.66. The Morgan fingerprint density at radius 1 is 1.30 bits per heavy atom. The van der Waals surface area contributed by atoms with Crippen LogP contribution in [-0.4, -0.2) is 24.9 Å². The summed E-state index contributed by atoms with van der Waals surface area (Å²) in [6.45, 7) is 4.05. The first-order valence-corrected chi connectivity index (χ1v) is 11.0. The maximum Gasteiger partial charge on any atom is 0.229 e. The van der Waals surface area contributed by atoms with Gasteiger partial charge in [-0.1, -0.05) is 25.4 Å². The fourth-order valence-electron chi connectivity index (χ4n) is 4.83. The Morgan fingerprint density at radius 3 is 2.74 bits per heavy atom. The van der Waals surface area contributed by atoms with E-state index in [0.717, 1.165) is 11.8 Å². The van der Waals surface area contributed by atoms with Crippen LogP contribution in [-0.2, 0) is 14.8 Å². The smallest absolute Gasteiger partial charge is 0.229 e. The van der Waals surface area contributed by atoms with E-state index in [-0.39, 0.29) is 22.9 Å². The highest BCUT2D eigenvalue weighted by atomic mass is 35.5. The van der Waals surface area contributed by atoms with Crippen LogP contribution >= 0.6 is 11.6 Å². The molecule has 0 amide bonds. The third kappa shape index (κ3) is 2.92. The number of hydrogen-bond donors (Lipinski definition) is 2. The van der Waals surface area contributed by atoms with Gasteiger partial charge < -0.3 is 5.43 Å². The molecular weight excluding hydrogens is 386 g/mol. The molecule has 6 nitrogen and oxygen atoms in total. The van der Waals surface area contributed by atoms with Crippen LogP contribution in [0.5, 0.6) is 0 Å². The Hall–Kier alpha value is -1.70. The van der Waals surface area contributed by atoms with Crippen LogP contribution in [0.3, 0.4) is 0 Å². The predicted octanol–water partition coefficient (Wildman–Crippen LogP) is 3.53. The molecule has 0 aliphatic heterocycles. The monoisotopic (exact) mass is 407 g/mol. The van der Waals surface area contributed by atoms with E-state index in [4.69, 9.17) is 11.6 Å². The summed E-state index contributed by atoms with van der Waals surface area (Å²) in [5.41, 5.74) is 2.95. The lowest BCUT2D eigenvalue weighted by Crippen LogP contribution is -2.46. The summed E-state index contributed by atoms with van der Waals surface area (Å²) < 4.78 is 25.6. The molecule has 2 aliphatic rings. The van der Waals surface area contributed by atoms with Crippen molar-refractivity contribution in [2.45, 2.75) is 33.1 Å². The zero-order valence-corrected chi connectivity index (χ0v) is 16.8. The maximum absolute atomic E-state index is 12.8. The highest BCUT2D eigenvalue weighted by Gasteiger charge is 2.65. The molecule has 2 fully saturated rings. The summed E-state index contributed by atoms with van der Waals surface area (Å²) >= 11 is 5.99. The SMILES string of the molecule is CC1(C)C2CCC1(CS(=O)(=O)NNc1ccnc3cc(Cl)ccc13)C(=O)C2. The van der Waals surface area contributed by atoms with E-state index in [1.54, 1.807) is 30.5 Å². The molecule has 1 aromatic carbocycles. The van der Waals surface area contributed by atoms with Crippen molar-refractivity contribution < 1.29 is 13.2 Å². The van der Waals surface area contributed by atoms with E-state index >= 15 is 0 Å². The van der Waals surface area contributed by atoms with Crippen molar-refractivity contribution in [2.24, 2.45) is 16.7 Å². The second-order valence-corrected chi connectivity index (χ2v) is 10.3. The molecule has 0 spiro atoms. The number of carbonyl (C=O) groups excluding carboxylic acids is 1. The number of pyridine rings is 1. The van der Waals surface area contributed by atoms with Gasteiger partial charge in [0, 0.05) is 28.4 Å². The lowest BCUT2D eigenvalue weighted by molar-refractivity contribution is -0.128. The van der Waals surface area contributed by atoms with E-state index in [9.17, 15) is 13.2 Å². The van der Waals surface area contributed by atoms with Crippen LogP contribution in [0.25, 0.3) is 10.9 Å². The Labute approximate surface area is 163 Å². The average Bonchev–Trinajstić information content (AvgIpc) is 2.93. The van der Waals surface area contributed by atoms with Crippen molar-refractivity contribution >= 4 is 44.0 Å². The number of fused-ring (bicyclic) bond motifs is 3. The molecule has 2 bridgehead atoms. The number of anilines is 1. The Bertz CT molecular complexity index is 1040. The van der Waals surface area contributed by atoms with Gasteiger partial charge in [0.2, 0.25) is 10.0 Å². The van der Waals surface area contributed by atoms with Crippen LogP contribution in [0.4, 0.5) is 5.69 Å². The number of benzene rings is 1. The van der Waals surface area contributed by atoms with Crippen molar-refractivity contribution in [1.82, 2.24) is 9.82 Å². The molecule has 1 aromatic heterocycles. The second kappa shape index (κ2) is 6.15. The molecule has 2 saturated carbocycles. The molecule has 4 rings (SSSR count). The van der Waals surface area contributed by atoms with Gasteiger partial charge >= 0.3 is 0 Å². The molecule has 2 aliphatic carbocycles. The number of rotatable bonds is 5. The minimum Gasteiger partial charge on any atom is -0.307 e. The first kappa shape index (κ1) is 18.7. The van der Waals surface area contributed by atoms with Crippen LogP contribution in [0, 0.1) is 16.7 Å². The minimum absolute atomic E-state index is 0.0816. The van der Waals surface area contributed by atoms with E-state index in [2.05, 4.69) is 15.2 Å². The fraction of sp³-hybridized carbons (Fsp3) is 0.474. The Kier molecular flexibility index (Phi) is 4.25. The highest BCUT2D eigenvalue weighted by molar-refractivity contribution is 7.89. The van der Waals surface area contributed by atoms with Gasteiger partial charge in [-0.2, -0.15) is 0 Å². The quantitative estimate of drug-likeness (QED) is 0.740.